The summed E-state index contributed by atoms with van der Waals surface area (Å²) in [6, 6.07) is 24.4. The zero-order valence-electron chi connectivity index (χ0n) is 20.4. The first-order chi connectivity index (χ1) is 18.0. The van der Waals surface area contributed by atoms with E-state index < -0.39 is 4.92 Å². The molecule has 0 saturated heterocycles. The van der Waals surface area contributed by atoms with Gasteiger partial charge in [-0.1, -0.05) is 91.0 Å². The molecule has 1 aromatic heterocycles. The molecule has 3 aromatic carbocycles. The topological polar surface area (TPSA) is 90.1 Å². The van der Waals surface area contributed by atoms with Gasteiger partial charge in [0, 0.05) is 42.1 Å². The number of nitro benzene ring substituents is 1. The number of nitrogens with one attached hydrogen (secondary N) is 1. The Bertz CT molecular complexity index is 1380. The van der Waals surface area contributed by atoms with Gasteiger partial charge in [0.2, 0.25) is 0 Å². The van der Waals surface area contributed by atoms with Gasteiger partial charge in [-0.2, -0.15) is 0 Å². The summed E-state index contributed by atoms with van der Waals surface area (Å²) in [7, 11) is 0. The summed E-state index contributed by atoms with van der Waals surface area (Å²) in [5, 5.41) is 14.7. The summed E-state index contributed by atoms with van der Waals surface area (Å²) in [6.07, 6.45) is 1.70. The Kier molecular flexibility index (Phi) is 8.98. The minimum atomic E-state index is -0.542. The molecule has 0 saturated carbocycles. The molecule has 0 aliphatic carbocycles. The van der Waals surface area contributed by atoms with Crippen molar-refractivity contribution in [3.05, 3.63) is 99.6 Å². The molecule has 0 fully saturated rings. The van der Waals surface area contributed by atoms with Crippen molar-refractivity contribution in [3.63, 3.8) is 0 Å². The van der Waals surface area contributed by atoms with Crippen LogP contribution in [0.25, 0.3) is 22.5 Å². The maximum Gasteiger partial charge on any atom is 0.270 e. The molecule has 4 rings (SSSR count). The van der Waals surface area contributed by atoms with Gasteiger partial charge in [0.25, 0.3) is 11.6 Å². The molecule has 1 heterocycles. The molecular weight excluding hydrogens is 508 g/mol. The lowest BCUT2D eigenvalue weighted by molar-refractivity contribution is -0.384. The van der Waals surface area contributed by atoms with E-state index >= 15 is 0 Å². The lowest BCUT2D eigenvalue weighted by Crippen LogP contribution is -2.25. The van der Waals surface area contributed by atoms with Crippen molar-refractivity contribution >= 4 is 35.0 Å². The van der Waals surface area contributed by atoms with Gasteiger partial charge in [-0.25, -0.2) is 4.98 Å². The summed E-state index contributed by atoms with van der Waals surface area (Å²) in [4.78, 5) is 27.9. The predicted octanol–water partition coefficient (Wildman–Crippen LogP) is 7.10. The molecule has 0 spiro atoms. The first kappa shape index (κ1) is 26.4. The summed E-state index contributed by atoms with van der Waals surface area (Å²) >= 11 is 7.74. The van der Waals surface area contributed by atoms with Crippen LogP contribution in [0.15, 0.2) is 84.0 Å². The van der Waals surface area contributed by atoms with Crippen molar-refractivity contribution in [1.82, 2.24) is 14.9 Å². The fourth-order valence-corrected chi connectivity index (χ4v) is 5.22. The average Bonchev–Trinajstić information content (AvgIpc) is 3.27. The summed E-state index contributed by atoms with van der Waals surface area (Å²) in [6.45, 7) is 3.46. The molecule has 0 aliphatic rings. The second-order valence-corrected chi connectivity index (χ2v) is 9.82. The molecular formula is C28H27ClN4O3S. The van der Waals surface area contributed by atoms with Gasteiger partial charge < -0.3 is 9.88 Å². The van der Waals surface area contributed by atoms with E-state index in [0.717, 1.165) is 52.8 Å². The Morgan fingerprint density at radius 2 is 1.73 bits per heavy atom. The number of aromatic nitrogens is 2. The third-order valence-electron chi connectivity index (χ3n) is 5.72. The van der Waals surface area contributed by atoms with Crippen LogP contribution in [0, 0.1) is 10.1 Å². The molecule has 0 unspecified atom stereocenters. The smallest absolute Gasteiger partial charge is 0.270 e. The van der Waals surface area contributed by atoms with E-state index in [9.17, 15) is 14.9 Å². The standard InChI is InChI=1S/C28H27ClN4O3S/c1-2-17-32-26(21-12-7-4-8-13-21)25(20-10-5-3-6-11-20)31-28(32)37-18-9-16-30-27(34)23-15-14-22(33(35)36)19-24(23)29/h3-8,10-15,19H,2,9,16-18H2,1H3,(H,30,34). The van der Waals surface area contributed by atoms with Crippen LogP contribution in [-0.2, 0) is 6.54 Å². The number of halogens is 1. The van der Waals surface area contributed by atoms with E-state index in [4.69, 9.17) is 16.6 Å². The summed E-state index contributed by atoms with van der Waals surface area (Å²) in [5.74, 6) is 0.410. The fraction of sp³-hybridized carbons (Fsp3) is 0.214. The number of thioether (sulfide) groups is 1. The van der Waals surface area contributed by atoms with Crippen LogP contribution in [-0.4, -0.2) is 32.7 Å². The zero-order valence-corrected chi connectivity index (χ0v) is 22.0. The van der Waals surface area contributed by atoms with E-state index in [1.807, 2.05) is 36.4 Å². The highest BCUT2D eigenvalue weighted by Crippen LogP contribution is 2.36. The number of benzene rings is 3. The average molecular weight is 535 g/mol. The third-order valence-corrected chi connectivity index (χ3v) is 7.10. The molecule has 1 amide bonds. The number of carbonyl (C=O) groups excluding carboxylic acids is 1. The number of rotatable bonds is 11. The number of hydrogen-bond donors (Lipinski definition) is 1. The highest BCUT2D eigenvalue weighted by atomic mass is 35.5. The summed E-state index contributed by atoms with van der Waals surface area (Å²) < 4.78 is 2.29. The van der Waals surface area contributed by atoms with E-state index in [1.54, 1.807) is 11.8 Å². The predicted molar refractivity (Wildman–Crippen MR) is 149 cm³/mol. The molecule has 4 aromatic rings. The second-order valence-electron chi connectivity index (χ2n) is 8.35. The van der Waals surface area contributed by atoms with Crippen molar-refractivity contribution in [2.45, 2.75) is 31.5 Å². The van der Waals surface area contributed by atoms with Crippen LogP contribution in [0.5, 0.6) is 0 Å². The number of imidazole rings is 1. The van der Waals surface area contributed by atoms with Gasteiger partial charge in [-0.05, 0) is 18.9 Å². The molecule has 9 heteroatoms. The van der Waals surface area contributed by atoms with E-state index in [0.29, 0.717) is 6.54 Å². The third kappa shape index (κ3) is 6.39. The minimum absolute atomic E-state index is 0.0598. The molecule has 1 N–H and O–H groups in total. The normalized spacial score (nSPS) is 10.9. The Morgan fingerprint density at radius 3 is 2.35 bits per heavy atom. The largest absolute Gasteiger partial charge is 0.352 e. The molecule has 0 aliphatic heterocycles. The Morgan fingerprint density at radius 1 is 1.05 bits per heavy atom. The monoisotopic (exact) mass is 534 g/mol. The van der Waals surface area contributed by atoms with Crippen molar-refractivity contribution in [2.75, 3.05) is 12.3 Å². The number of non-ortho nitro benzene ring substituents is 1. The van der Waals surface area contributed by atoms with E-state index in [2.05, 4.69) is 41.1 Å². The van der Waals surface area contributed by atoms with Crippen LogP contribution >= 0.6 is 23.4 Å². The van der Waals surface area contributed by atoms with Crippen LogP contribution in [0.4, 0.5) is 5.69 Å². The molecule has 7 nitrogen and oxygen atoms in total. The zero-order chi connectivity index (χ0) is 26.2. The van der Waals surface area contributed by atoms with Gasteiger partial charge >= 0.3 is 0 Å². The number of hydrogen-bond acceptors (Lipinski definition) is 5. The molecule has 0 bridgehead atoms. The van der Waals surface area contributed by atoms with Crippen LogP contribution in [0.1, 0.15) is 30.1 Å². The van der Waals surface area contributed by atoms with Crippen molar-refractivity contribution in [3.8, 4) is 22.5 Å². The van der Waals surface area contributed by atoms with Gasteiger partial charge in [-0.15, -0.1) is 0 Å². The van der Waals surface area contributed by atoms with E-state index in [1.165, 1.54) is 18.2 Å². The number of nitrogens with zero attached hydrogens (tertiary/aromatic N) is 3. The van der Waals surface area contributed by atoms with Gasteiger partial charge in [-0.3, -0.25) is 14.9 Å². The maximum atomic E-state index is 12.5. The maximum absolute atomic E-state index is 12.5. The van der Waals surface area contributed by atoms with Crippen molar-refractivity contribution in [2.24, 2.45) is 0 Å². The first-order valence-corrected chi connectivity index (χ1v) is 13.4. The Balaban J connectivity index is 1.46. The molecule has 37 heavy (non-hydrogen) atoms. The van der Waals surface area contributed by atoms with Gasteiger partial charge in [0.15, 0.2) is 5.16 Å². The van der Waals surface area contributed by atoms with Crippen LogP contribution in [0.2, 0.25) is 5.02 Å². The quantitative estimate of drug-likeness (QED) is 0.0958. The van der Waals surface area contributed by atoms with Gasteiger partial charge in [0.1, 0.15) is 0 Å². The Hall–Kier alpha value is -3.62. The van der Waals surface area contributed by atoms with Gasteiger partial charge in [0.05, 0.1) is 26.9 Å². The fourth-order valence-electron chi connectivity index (χ4n) is 3.99. The number of nitro groups is 1. The summed E-state index contributed by atoms with van der Waals surface area (Å²) in [5.41, 5.74) is 4.34. The molecule has 190 valence electrons. The lowest BCUT2D eigenvalue weighted by atomic mass is 10.0. The SMILES string of the molecule is CCCn1c(SCCCNC(=O)c2ccc([N+](=O)[O-])cc2Cl)nc(-c2ccccc2)c1-c1ccccc1. The number of carbonyl (C=O) groups is 1. The molecule has 0 radical (unpaired) electrons. The van der Waals surface area contributed by atoms with Crippen LogP contribution in [0.3, 0.4) is 0 Å². The minimum Gasteiger partial charge on any atom is -0.352 e. The van der Waals surface area contributed by atoms with Crippen molar-refractivity contribution in [1.29, 1.82) is 0 Å². The molecule has 0 atom stereocenters. The lowest BCUT2D eigenvalue weighted by Gasteiger charge is -2.12. The second kappa shape index (κ2) is 12.6. The van der Waals surface area contributed by atoms with Crippen LogP contribution < -0.4 is 5.32 Å². The Labute approximate surface area is 225 Å². The highest BCUT2D eigenvalue weighted by Gasteiger charge is 2.20. The van der Waals surface area contributed by atoms with Crippen molar-refractivity contribution < 1.29 is 9.72 Å². The van der Waals surface area contributed by atoms with E-state index in [-0.39, 0.29) is 22.2 Å². The number of amides is 1. The first-order valence-electron chi connectivity index (χ1n) is 12.1. The highest BCUT2D eigenvalue weighted by molar-refractivity contribution is 7.99.